The maximum Gasteiger partial charge on any atom is 0.142 e. The van der Waals surface area contributed by atoms with E-state index < -0.39 is 0 Å². The number of ketones is 1. The van der Waals surface area contributed by atoms with Crippen molar-refractivity contribution < 1.29 is 9.59 Å². The Bertz CT molecular complexity index is 260. The van der Waals surface area contributed by atoms with Crippen LogP contribution in [-0.2, 0) is 9.59 Å². The molecule has 0 bridgehead atoms. The average molecular weight is 236 g/mol. The van der Waals surface area contributed by atoms with Crippen molar-refractivity contribution in [2.45, 2.75) is 46.5 Å². The zero-order chi connectivity index (χ0) is 13.4. The molecule has 0 aromatic heterocycles. The van der Waals surface area contributed by atoms with Crippen LogP contribution < -0.4 is 0 Å². The monoisotopic (exact) mass is 236 g/mol. The minimum Gasteiger partial charge on any atom is -0.300 e. The van der Waals surface area contributed by atoms with Gasteiger partial charge in [0.05, 0.1) is 0 Å². The highest BCUT2D eigenvalue weighted by Crippen LogP contribution is 1.88. The first-order chi connectivity index (χ1) is 8.18. The van der Waals surface area contributed by atoms with Crippen LogP contribution in [0.2, 0.25) is 0 Å². The predicted octanol–water partition coefficient (Wildman–Crippen LogP) is 4.03. The van der Waals surface area contributed by atoms with E-state index >= 15 is 0 Å². The van der Waals surface area contributed by atoms with Gasteiger partial charge in [0, 0.05) is 6.42 Å². The van der Waals surface area contributed by atoms with E-state index in [1.807, 2.05) is 19.1 Å². The number of hydrogen-bond donors (Lipinski definition) is 0. The summed E-state index contributed by atoms with van der Waals surface area (Å²) in [5, 5.41) is 0. The molecular weight excluding hydrogens is 212 g/mol. The molecular formula is C15H24O2. The molecule has 0 amide bonds. The van der Waals surface area contributed by atoms with Gasteiger partial charge < -0.3 is 4.79 Å². The lowest BCUT2D eigenvalue weighted by molar-refractivity contribution is -0.117. The fourth-order valence-electron chi connectivity index (χ4n) is 0.960. The van der Waals surface area contributed by atoms with Crippen molar-refractivity contribution in [1.82, 2.24) is 0 Å². The van der Waals surface area contributed by atoms with E-state index in [0.29, 0.717) is 0 Å². The van der Waals surface area contributed by atoms with Gasteiger partial charge in [0.25, 0.3) is 0 Å². The van der Waals surface area contributed by atoms with Crippen LogP contribution in [-0.4, -0.2) is 12.1 Å². The second-order valence-electron chi connectivity index (χ2n) is 3.52. The molecule has 0 rings (SSSR count). The fraction of sp³-hybridized carbons (Fsp3) is 0.467. The van der Waals surface area contributed by atoms with E-state index in [9.17, 15) is 9.59 Å². The lowest BCUT2D eigenvalue weighted by atomic mass is 10.3. The molecule has 2 heteroatoms. The molecule has 0 fully saturated rings. The first-order valence-electron chi connectivity index (χ1n) is 6.10. The molecule has 0 aromatic carbocycles. The second kappa shape index (κ2) is 17.0. The molecule has 0 spiro atoms. The molecule has 0 saturated heterocycles. The van der Waals surface area contributed by atoms with Crippen molar-refractivity contribution in [3.05, 3.63) is 36.5 Å². The van der Waals surface area contributed by atoms with Crippen LogP contribution in [0.3, 0.4) is 0 Å². The lowest BCUT2D eigenvalue weighted by Gasteiger charge is -1.80. The van der Waals surface area contributed by atoms with Crippen molar-refractivity contribution in [2.75, 3.05) is 0 Å². The third-order valence-corrected chi connectivity index (χ3v) is 1.71. The number of rotatable bonds is 7. The van der Waals surface area contributed by atoms with Gasteiger partial charge in [0.1, 0.15) is 12.1 Å². The minimum absolute atomic E-state index is 0.289. The Morgan fingerprint density at radius 1 is 1.00 bits per heavy atom. The van der Waals surface area contributed by atoms with Crippen LogP contribution in [0, 0.1) is 0 Å². The van der Waals surface area contributed by atoms with E-state index in [4.69, 9.17) is 0 Å². The summed E-state index contributed by atoms with van der Waals surface area (Å²) in [6.45, 7) is 5.72. The van der Waals surface area contributed by atoms with Gasteiger partial charge in [-0.05, 0) is 32.3 Å². The van der Waals surface area contributed by atoms with Gasteiger partial charge in [0.15, 0.2) is 0 Å². The third kappa shape index (κ3) is 25.1. The minimum atomic E-state index is 0.289. The quantitative estimate of drug-likeness (QED) is 0.289. The summed E-state index contributed by atoms with van der Waals surface area (Å²) in [4.78, 5) is 19.8. The van der Waals surface area contributed by atoms with Gasteiger partial charge in [-0.3, -0.25) is 4.79 Å². The van der Waals surface area contributed by atoms with E-state index in [0.717, 1.165) is 32.0 Å². The first-order valence-corrected chi connectivity index (χ1v) is 6.10. The van der Waals surface area contributed by atoms with E-state index in [1.54, 1.807) is 13.0 Å². The fourth-order valence-corrected chi connectivity index (χ4v) is 0.960. The summed E-state index contributed by atoms with van der Waals surface area (Å²) in [6.07, 6.45) is 15.8. The zero-order valence-corrected chi connectivity index (χ0v) is 11.2. The molecule has 17 heavy (non-hydrogen) atoms. The Balaban J connectivity index is 0. The molecule has 0 unspecified atom stereocenters. The average Bonchev–Trinajstić information content (AvgIpc) is 2.29. The Kier molecular flexibility index (Phi) is 17.9. The zero-order valence-electron chi connectivity index (χ0n) is 11.2. The summed E-state index contributed by atoms with van der Waals surface area (Å²) >= 11 is 0. The molecule has 2 nitrogen and oxygen atoms in total. The Labute approximate surface area is 105 Å². The first kappa shape index (κ1) is 17.9. The number of carbonyl (C=O) groups excluding carboxylic acids is 2. The van der Waals surface area contributed by atoms with Gasteiger partial charge in [-0.15, -0.1) is 0 Å². The Hall–Kier alpha value is -1.44. The van der Waals surface area contributed by atoms with Crippen LogP contribution in [0.1, 0.15) is 46.5 Å². The molecule has 0 aromatic rings. The highest BCUT2D eigenvalue weighted by Gasteiger charge is 1.83. The summed E-state index contributed by atoms with van der Waals surface area (Å²) in [5.74, 6) is 0.289. The SMILES string of the molecule is CC/C=C\C/C=C\C=C\C=O.CCCC(C)=O. The number of carbonyl (C=O) groups is 2. The Morgan fingerprint density at radius 2 is 1.71 bits per heavy atom. The van der Waals surface area contributed by atoms with Gasteiger partial charge in [0.2, 0.25) is 0 Å². The van der Waals surface area contributed by atoms with Crippen molar-refractivity contribution >= 4 is 12.1 Å². The van der Waals surface area contributed by atoms with Crippen LogP contribution >= 0.6 is 0 Å². The van der Waals surface area contributed by atoms with Crippen molar-refractivity contribution in [2.24, 2.45) is 0 Å². The maximum absolute atomic E-state index is 10.0. The highest BCUT2D eigenvalue weighted by molar-refractivity contribution is 5.75. The molecule has 0 heterocycles. The largest absolute Gasteiger partial charge is 0.300 e. The summed E-state index contributed by atoms with van der Waals surface area (Å²) in [6, 6.07) is 0. The third-order valence-electron chi connectivity index (χ3n) is 1.71. The van der Waals surface area contributed by atoms with Crippen molar-refractivity contribution in [1.29, 1.82) is 0 Å². The highest BCUT2D eigenvalue weighted by atomic mass is 16.1. The number of hydrogen-bond acceptors (Lipinski definition) is 2. The second-order valence-corrected chi connectivity index (χ2v) is 3.52. The number of aldehydes is 1. The van der Waals surface area contributed by atoms with E-state index in [-0.39, 0.29) is 5.78 Å². The van der Waals surface area contributed by atoms with E-state index in [2.05, 4.69) is 19.1 Å². The van der Waals surface area contributed by atoms with Gasteiger partial charge in [-0.2, -0.15) is 0 Å². The maximum atomic E-state index is 10.0. The van der Waals surface area contributed by atoms with Crippen LogP contribution in [0.15, 0.2) is 36.5 Å². The van der Waals surface area contributed by atoms with Gasteiger partial charge in [-0.25, -0.2) is 0 Å². The van der Waals surface area contributed by atoms with E-state index in [1.165, 1.54) is 6.08 Å². The van der Waals surface area contributed by atoms with Crippen LogP contribution in [0.25, 0.3) is 0 Å². The van der Waals surface area contributed by atoms with Crippen molar-refractivity contribution in [3.8, 4) is 0 Å². The van der Waals surface area contributed by atoms with Crippen LogP contribution in [0.4, 0.5) is 0 Å². The summed E-state index contributed by atoms with van der Waals surface area (Å²) < 4.78 is 0. The molecule has 0 atom stereocenters. The lowest BCUT2D eigenvalue weighted by Crippen LogP contribution is -1.84. The molecule has 0 saturated carbocycles. The standard InChI is InChI=1S/C10H14O.C5H10O/c1-2-3-4-5-6-7-8-9-10-11;1-3-4-5(2)6/h3-4,6-10H,2,5H2,1H3;3-4H2,1-2H3/b4-3-,7-6-,9-8+;. The molecule has 0 aliphatic rings. The number of allylic oxidation sites excluding steroid dienone is 6. The summed E-state index contributed by atoms with van der Waals surface area (Å²) in [7, 11) is 0. The molecule has 0 N–H and O–H groups in total. The van der Waals surface area contributed by atoms with Crippen molar-refractivity contribution in [3.63, 3.8) is 0 Å². The van der Waals surface area contributed by atoms with Gasteiger partial charge in [-0.1, -0.05) is 44.2 Å². The van der Waals surface area contributed by atoms with Crippen LogP contribution in [0.5, 0.6) is 0 Å². The normalized spacial score (nSPS) is 10.8. The topological polar surface area (TPSA) is 34.1 Å². The number of Topliss-reactive ketones (excluding diaryl/α,β-unsaturated/α-hetero) is 1. The molecule has 0 radical (unpaired) electrons. The molecule has 0 aliphatic heterocycles. The molecule has 96 valence electrons. The Morgan fingerprint density at radius 3 is 2.12 bits per heavy atom. The smallest absolute Gasteiger partial charge is 0.142 e. The predicted molar refractivity (Wildman–Crippen MR) is 74.0 cm³/mol. The summed E-state index contributed by atoms with van der Waals surface area (Å²) in [5.41, 5.74) is 0. The van der Waals surface area contributed by atoms with Gasteiger partial charge >= 0.3 is 0 Å². The molecule has 0 aliphatic carbocycles.